The topological polar surface area (TPSA) is 42.2 Å². The van der Waals surface area contributed by atoms with Crippen LogP contribution in [0.3, 0.4) is 0 Å². The molecule has 1 aromatic rings. The largest absolute Gasteiger partial charge is 0.326 e. The third-order valence-corrected chi connectivity index (χ3v) is 3.54. The highest BCUT2D eigenvalue weighted by Gasteiger charge is 2.26. The van der Waals surface area contributed by atoms with Crippen LogP contribution in [-0.2, 0) is 6.42 Å². The van der Waals surface area contributed by atoms with Gasteiger partial charge >= 0.3 is 0 Å². The Morgan fingerprint density at radius 2 is 2.31 bits per heavy atom. The maximum absolute atomic E-state index is 6.09. The quantitative estimate of drug-likeness (QED) is 0.833. The summed E-state index contributed by atoms with van der Waals surface area (Å²) in [4.78, 5) is 6.73. The van der Waals surface area contributed by atoms with Crippen LogP contribution in [0.15, 0.2) is 24.4 Å². The van der Waals surface area contributed by atoms with Gasteiger partial charge in [-0.3, -0.25) is 4.98 Å². The van der Waals surface area contributed by atoms with Gasteiger partial charge in [-0.15, -0.1) is 0 Å². The summed E-state index contributed by atoms with van der Waals surface area (Å²) < 4.78 is 0. The van der Waals surface area contributed by atoms with Crippen molar-refractivity contribution in [1.82, 2.24) is 9.88 Å². The first-order chi connectivity index (χ1) is 7.77. The highest BCUT2D eigenvalue weighted by molar-refractivity contribution is 5.04. The van der Waals surface area contributed by atoms with Crippen LogP contribution >= 0.6 is 0 Å². The standard InChI is InChI=1S/C13H21N3/c1-16(13-7-4-6-12(13)14)10-8-11-5-2-3-9-15-11/h2-3,5,9,12-13H,4,6-8,10,14H2,1H3. The van der Waals surface area contributed by atoms with Crippen LogP contribution in [0.4, 0.5) is 0 Å². The molecular weight excluding hydrogens is 198 g/mol. The number of rotatable bonds is 4. The average molecular weight is 219 g/mol. The lowest BCUT2D eigenvalue weighted by molar-refractivity contribution is 0.230. The Labute approximate surface area is 97.7 Å². The first-order valence-corrected chi connectivity index (χ1v) is 6.13. The van der Waals surface area contributed by atoms with Gasteiger partial charge in [0, 0.05) is 36.9 Å². The molecule has 0 aliphatic heterocycles. The Kier molecular flexibility index (Phi) is 3.91. The van der Waals surface area contributed by atoms with E-state index in [0.717, 1.165) is 13.0 Å². The fourth-order valence-electron chi connectivity index (χ4n) is 2.52. The summed E-state index contributed by atoms with van der Waals surface area (Å²) in [6, 6.07) is 7.03. The van der Waals surface area contributed by atoms with Crippen LogP contribution in [0.1, 0.15) is 25.0 Å². The monoisotopic (exact) mass is 219 g/mol. The molecule has 1 heterocycles. The van der Waals surface area contributed by atoms with Gasteiger partial charge in [0.15, 0.2) is 0 Å². The maximum Gasteiger partial charge on any atom is 0.0416 e. The molecule has 2 atom stereocenters. The minimum Gasteiger partial charge on any atom is -0.326 e. The van der Waals surface area contributed by atoms with Crippen LogP contribution in [-0.4, -0.2) is 35.6 Å². The number of aromatic nitrogens is 1. The van der Waals surface area contributed by atoms with Crippen molar-refractivity contribution in [3.8, 4) is 0 Å². The number of hydrogen-bond acceptors (Lipinski definition) is 3. The van der Waals surface area contributed by atoms with Gasteiger partial charge in [0.05, 0.1) is 0 Å². The van der Waals surface area contributed by atoms with Crippen molar-refractivity contribution < 1.29 is 0 Å². The lowest BCUT2D eigenvalue weighted by atomic mass is 10.1. The number of nitrogens with zero attached hydrogens (tertiary/aromatic N) is 2. The van der Waals surface area contributed by atoms with Gasteiger partial charge in [-0.25, -0.2) is 0 Å². The summed E-state index contributed by atoms with van der Waals surface area (Å²) >= 11 is 0. The Bertz CT molecular complexity index is 312. The van der Waals surface area contributed by atoms with Gasteiger partial charge in [-0.1, -0.05) is 12.5 Å². The van der Waals surface area contributed by atoms with E-state index in [4.69, 9.17) is 5.73 Å². The van der Waals surface area contributed by atoms with Gasteiger partial charge in [-0.2, -0.15) is 0 Å². The van der Waals surface area contributed by atoms with Crippen molar-refractivity contribution >= 4 is 0 Å². The molecule has 0 radical (unpaired) electrons. The number of likely N-dealkylation sites (N-methyl/N-ethyl adjacent to an activating group) is 1. The molecule has 1 aliphatic carbocycles. The first kappa shape index (κ1) is 11.6. The normalized spacial score (nSPS) is 25.2. The molecule has 0 bridgehead atoms. The number of nitrogens with two attached hydrogens (primary N) is 1. The highest BCUT2D eigenvalue weighted by Crippen LogP contribution is 2.21. The zero-order chi connectivity index (χ0) is 11.4. The molecule has 0 spiro atoms. The molecule has 88 valence electrons. The molecule has 1 aromatic heterocycles. The predicted molar refractivity (Wildman–Crippen MR) is 66.2 cm³/mol. The second-order valence-corrected chi connectivity index (χ2v) is 4.71. The molecular formula is C13H21N3. The van der Waals surface area contributed by atoms with Crippen LogP contribution < -0.4 is 5.73 Å². The van der Waals surface area contributed by atoms with Gasteiger partial charge in [0.25, 0.3) is 0 Å². The lowest BCUT2D eigenvalue weighted by Gasteiger charge is -2.27. The Hall–Kier alpha value is -0.930. The molecule has 1 fully saturated rings. The van der Waals surface area contributed by atoms with Crippen molar-refractivity contribution in [1.29, 1.82) is 0 Å². The predicted octanol–water partition coefficient (Wildman–Crippen LogP) is 1.44. The molecule has 0 aromatic carbocycles. The van der Waals surface area contributed by atoms with E-state index in [1.165, 1.54) is 25.0 Å². The molecule has 2 rings (SSSR count). The summed E-state index contributed by atoms with van der Waals surface area (Å²) in [7, 11) is 2.18. The van der Waals surface area contributed by atoms with Gasteiger partial charge in [0.1, 0.15) is 0 Å². The number of pyridine rings is 1. The Morgan fingerprint density at radius 1 is 1.44 bits per heavy atom. The smallest absolute Gasteiger partial charge is 0.0416 e. The Morgan fingerprint density at radius 3 is 2.94 bits per heavy atom. The molecule has 16 heavy (non-hydrogen) atoms. The zero-order valence-corrected chi connectivity index (χ0v) is 9.97. The highest BCUT2D eigenvalue weighted by atomic mass is 15.1. The summed E-state index contributed by atoms with van der Waals surface area (Å²) in [5.74, 6) is 0. The Balaban J connectivity index is 1.81. The fraction of sp³-hybridized carbons (Fsp3) is 0.615. The molecule has 1 saturated carbocycles. The molecule has 3 heteroatoms. The SMILES string of the molecule is CN(CCc1ccccn1)C1CCCC1N. The summed E-state index contributed by atoms with van der Waals surface area (Å²) in [6.45, 7) is 1.05. The van der Waals surface area contributed by atoms with Crippen LogP contribution in [0.5, 0.6) is 0 Å². The van der Waals surface area contributed by atoms with E-state index >= 15 is 0 Å². The second kappa shape index (κ2) is 5.41. The maximum atomic E-state index is 6.09. The summed E-state index contributed by atoms with van der Waals surface area (Å²) in [5, 5.41) is 0. The summed E-state index contributed by atoms with van der Waals surface area (Å²) in [6.07, 6.45) is 6.58. The average Bonchev–Trinajstić information content (AvgIpc) is 2.74. The van der Waals surface area contributed by atoms with E-state index in [1.807, 2.05) is 18.3 Å². The van der Waals surface area contributed by atoms with Crippen LogP contribution in [0.25, 0.3) is 0 Å². The molecule has 2 unspecified atom stereocenters. The van der Waals surface area contributed by atoms with E-state index in [1.54, 1.807) is 0 Å². The van der Waals surface area contributed by atoms with Gasteiger partial charge in [0.2, 0.25) is 0 Å². The third kappa shape index (κ3) is 2.80. The van der Waals surface area contributed by atoms with Crippen molar-refractivity contribution in [3.05, 3.63) is 30.1 Å². The molecule has 3 nitrogen and oxygen atoms in total. The van der Waals surface area contributed by atoms with E-state index in [-0.39, 0.29) is 0 Å². The first-order valence-electron chi connectivity index (χ1n) is 6.13. The fourth-order valence-corrected chi connectivity index (χ4v) is 2.52. The molecule has 0 amide bonds. The van der Waals surface area contributed by atoms with Crippen LogP contribution in [0.2, 0.25) is 0 Å². The van der Waals surface area contributed by atoms with Crippen LogP contribution in [0, 0.1) is 0 Å². The number of hydrogen-bond donors (Lipinski definition) is 1. The van der Waals surface area contributed by atoms with E-state index < -0.39 is 0 Å². The van der Waals surface area contributed by atoms with E-state index in [0.29, 0.717) is 12.1 Å². The van der Waals surface area contributed by atoms with Crippen molar-refractivity contribution in [2.75, 3.05) is 13.6 Å². The minimum absolute atomic E-state index is 0.369. The summed E-state index contributed by atoms with van der Waals surface area (Å²) in [5.41, 5.74) is 7.26. The van der Waals surface area contributed by atoms with E-state index in [9.17, 15) is 0 Å². The molecule has 1 aliphatic rings. The minimum atomic E-state index is 0.369. The lowest BCUT2D eigenvalue weighted by Crippen LogP contribution is -2.43. The zero-order valence-electron chi connectivity index (χ0n) is 9.97. The second-order valence-electron chi connectivity index (χ2n) is 4.71. The molecule has 2 N–H and O–H groups in total. The molecule has 0 saturated heterocycles. The van der Waals surface area contributed by atoms with E-state index in [2.05, 4.69) is 23.0 Å². The van der Waals surface area contributed by atoms with Gasteiger partial charge in [-0.05, 0) is 32.0 Å². The van der Waals surface area contributed by atoms with Crippen molar-refractivity contribution in [2.45, 2.75) is 37.8 Å². The van der Waals surface area contributed by atoms with Crippen molar-refractivity contribution in [3.63, 3.8) is 0 Å². The van der Waals surface area contributed by atoms with Crippen molar-refractivity contribution in [2.24, 2.45) is 5.73 Å². The van der Waals surface area contributed by atoms with Gasteiger partial charge < -0.3 is 10.6 Å². The third-order valence-electron chi connectivity index (χ3n) is 3.54.